The van der Waals surface area contributed by atoms with Crippen molar-refractivity contribution in [3.8, 4) is 0 Å². The van der Waals surface area contributed by atoms with Gasteiger partial charge in [-0.2, -0.15) is 0 Å². The highest BCUT2D eigenvalue weighted by molar-refractivity contribution is 4.86. The minimum atomic E-state index is 0.823. The van der Waals surface area contributed by atoms with Crippen LogP contribution in [0.2, 0.25) is 0 Å². The van der Waals surface area contributed by atoms with Crippen LogP contribution in [0.15, 0.2) is 0 Å². The average Bonchev–Trinajstić information content (AvgIpc) is 2.05. The van der Waals surface area contributed by atoms with E-state index in [0.717, 1.165) is 5.41 Å². The first-order chi connectivity index (χ1) is 5.83. The first kappa shape index (κ1) is 12.0. The van der Waals surface area contributed by atoms with Gasteiger partial charge in [0.25, 0.3) is 0 Å². The smallest absolute Gasteiger partial charge is 0.0298 e. The normalized spacial score (nSPS) is 19.0. The summed E-state index contributed by atoms with van der Waals surface area (Å²) in [7, 11) is 0. The lowest BCUT2D eigenvalue weighted by molar-refractivity contribution is 0.104. The third kappa shape index (κ3) is 3.16. The van der Waals surface area contributed by atoms with E-state index in [0.29, 0.717) is 0 Å². The molecule has 0 N–H and O–H groups in total. The molecule has 0 unspecified atom stereocenters. The minimum Gasteiger partial charge on any atom is -0.0683 e. The van der Waals surface area contributed by atoms with Gasteiger partial charge >= 0.3 is 0 Å². The van der Waals surface area contributed by atoms with E-state index >= 15 is 0 Å². The van der Waals surface area contributed by atoms with Crippen LogP contribution in [-0.2, 0) is 0 Å². The fourth-order valence-corrected chi connectivity index (χ4v) is 2.36. The molecule has 0 aromatic rings. The largest absolute Gasteiger partial charge is 0.0683 e. The van der Waals surface area contributed by atoms with Gasteiger partial charge in [-0.25, -0.2) is 0 Å². The lowest BCUT2D eigenvalue weighted by atomic mass is 9.64. The Labute approximate surface area is 78.8 Å². The first-order valence-corrected chi connectivity index (χ1v) is 5.83. The molecular weight excluding hydrogens is 144 g/mol. The predicted molar refractivity (Wildman–Crippen MR) is 57.4 cm³/mol. The van der Waals surface area contributed by atoms with E-state index in [9.17, 15) is 0 Å². The molecule has 0 heterocycles. The molecule has 12 heavy (non-hydrogen) atoms. The van der Waals surface area contributed by atoms with Gasteiger partial charge in [0.05, 0.1) is 0 Å². The molecule has 0 heteroatoms. The Kier molecular flexibility index (Phi) is 6.51. The Bertz CT molecular complexity index is 82.2. The van der Waals surface area contributed by atoms with Crippen molar-refractivity contribution in [2.24, 2.45) is 5.41 Å². The summed E-state index contributed by atoms with van der Waals surface area (Å²) >= 11 is 0. The van der Waals surface area contributed by atoms with Gasteiger partial charge < -0.3 is 0 Å². The van der Waals surface area contributed by atoms with Crippen LogP contribution in [-0.4, -0.2) is 0 Å². The van der Waals surface area contributed by atoms with Gasteiger partial charge in [-0.3, -0.25) is 0 Å². The summed E-state index contributed by atoms with van der Waals surface area (Å²) in [5.74, 6) is 0. The topological polar surface area (TPSA) is 0 Å². The Morgan fingerprint density at radius 1 is 0.917 bits per heavy atom. The monoisotopic (exact) mass is 170 g/mol. The summed E-state index contributed by atoms with van der Waals surface area (Å²) in [5, 5.41) is 0. The summed E-state index contributed by atoms with van der Waals surface area (Å²) in [4.78, 5) is 0. The van der Waals surface area contributed by atoms with E-state index < -0.39 is 0 Å². The van der Waals surface area contributed by atoms with Crippen LogP contribution in [0.25, 0.3) is 0 Å². The van der Waals surface area contributed by atoms with Gasteiger partial charge in [0, 0.05) is 0 Å². The van der Waals surface area contributed by atoms with Crippen LogP contribution >= 0.6 is 0 Å². The van der Waals surface area contributed by atoms with Crippen LogP contribution in [0.5, 0.6) is 0 Å². The first-order valence-electron chi connectivity index (χ1n) is 5.83. The molecule has 74 valence electrons. The highest BCUT2D eigenvalue weighted by atomic mass is 14.4. The molecule has 0 aliphatic heterocycles. The second-order valence-corrected chi connectivity index (χ2v) is 3.85. The van der Waals surface area contributed by atoms with E-state index in [-0.39, 0.29) is 0 Å². The molecule has 0 nitrogen and oxygen atoms in total. The standard InChI is InChI=1S/C10H20.C2H6/c1-3-6-10(7-4-2)8-5-9-10;1-2/h3-9H2,1-2H3;1-2H3. The molecule has 0 spiro atoms. The molecule has 0 bridgehead atoms. The fourth-order valence-electron chi connectivity index (χ4n) is 2.36. The Morgan fingerprint density at radius 2 is 1.33 bits per heavy atom. The molecule has 1 fully saturated rings. The van der Waals surface area contributed by atoms with Gasteiger partial charge in [0.15, 0.2) is 0 Å². The maximum absolute atomic E-state index is 2.32. The second kappa shape index (κ2) is 6.51. The fraction of sp³-hybridized carbons (Fsp3) is 1.00. The predicted octanol–water partition coefficient (Wildman–Crippen LogP) is 4.78. The van der Waals surface area contributed by atoms with E-state index in [1.54, 1.807) is 0 Å². The highest BCUT2D eigenvalue weighted by Crippen LogP contribution is 2.48. The van der Waals surface area contributed by atoms with E-state index in [1.165, 1.54) is 44.9 Å². The lowest BCUT2D eigenvalue weighted by Gasteiger charge is -2.42. The second-order valence-electron chi connectivity index (χ2n) is 3.85. The van der Waals surface area contributed by atoms with Crippen molar-refractivity contribution in [1.29, 1.82) is 0 Å². The van der Waals surface area contributed by atoms with Crippen LogP contribution in [0, 0.1) is 5.41 Å². The molecule has 0 radical (unpaired) electrons. The van der Waals surface area contributed by atoms with E-state index in [4.69, 9.17) is 0 Å². The summed E-state index contributed by atoms with van der Waals surface area (Å²) < 4.78 is 0. The van der Waals surface area contributed by atoms with Crippen molar-refractivity contribution in [2.75, 3.05) is 0 Å². The molecule has 0 aromatic carbocycles. The maximum Gasteiger partial charge on any atom is -0.0298 e. The quantitative estimate of drug-likeness (QED) is 0.569. The number of hydrogen-bond acceptors (Lipinski definition) is 0. The Balaban J connectivity index is 0.000000561. The van der Waals surface area contributed by atoms with Crippen LogP contribution in [0.4, 0.5) is 0 Å². The van der Waals surface area contributed by atoms with Crippen LogP contribution < -0.4 is 0 Å². The molecule has 1 aliphatic rings. The van der Waals surface area contributed by atoms with Crippen molar-refractivity contribution < 1.29 is 0 Å². The van der Waals surface area contributed by atoms with Gasteiger partial charge in [-0.15, -0.1) is 0 Å². The highest BCUT2D eigenvalue weighted by Gasteiger charge is 2.34. The van der Waals surface area contributed by atoms with Crippen molar-refractivity contribution in [2.45, 2.75) is 72.6 Å². The molecule has 1 rings (SSSR count). The average molecular weight is 170 g/mol. The van der Waals surface area contributed by atoms with Crippen LogP contribution in [0.3, 0.4) is 0 Å². The van der Waals surface area contributed by atoms with Gasteiger partial charge in [0.1, 0.15) is 0 Å². The van der Waals surface area contributed by atoms with E-state index in [2.05, 4.69) is 13.8 Å². The molecule has 0 amide bonds. The summed E-state index contributed by atoms with van der Waals surface area (Å²) in [5.41, 5.74) is 0.823. The molecule has 0 saturated heterocycles. The van der Waals surface area contributed by atoms with Crippen molar-refractivity contribution >= 4 is 0 Å². The van der Waals surface area contributed by atoms with Crippen LogP contribution in [0.1, 0.15) is 72.6 Å². The van der Waals surface area contributed by atoms with Gasteiger partial charge in [-0.05, 0) is 31.1 Å². The minimum absolute atomic E-state index is 0.823. The van der Waals surface area contributed by atoms with Crippen molar-refractivity contribution in [3.63, 3.8) is 0 Å². The van der Waals surface area contributed by atoms with Crippen molar-refractivity contribution in [1.82, 2.24) is 0 Å². The number of hydrogen-bond donors (Lipinski definition) is 0. The summed E-state index contributed by atoms with van der Waals surface area (Å²) in [6.07, 6.45) is 10.3. The SMILES string of the molecule is CC.CCCC1(CCC)CCC1. The van der Waals surface area contributed by atoms with Gasteiger partial charge in [-0.1, -0.05) is 47.0 Å². The molecular formula is C12H26. The Morgan fingerprint density at radius 3 is 1.50 bits per heavy atom. The molecule has 1 aliphatic carbocycles. The van der Waals surface area contributed by atoms with Gasteiger partial charge in [0.2, 0.25) is 0 Å². The zero-order chi connectivity index (χ0) is 9.45. The molecule has 0 atom stereocenters. The molecule has 0 aromatic heterocycles. The third-order valence-corrected chi connectivity index (χ3v) is 2.97. The number of rotatable bonds is 4. The summed E-state index contributed by atoms with van der Waals surface area (Å²) in [6, 6.07) is 0. The summed E-state index contributed by atoms with van der Waals surface area (Å²) in [6.45, 7) is 8.63. The zero-order valence-electron chi connectivity index (χ0n) is 9.45. The third-order valence-electron chi connectivity index (χ3n) is 2.97. The van der Waals surface area contributed by atoms with E-state index in [1.807, 2.05) is 13.8 Å². The zero-order valence-corrected chi connectivity index (χ0v) is 9.45. The maximum atomic E-state index is 2.32. The Hall–Kier alpha value is 0. The van der Waals surface area contributed by atoms with Crippen molar-refractivity contribution in [3.05, 3.63) is 0 Å². The lowest BCUT2D eigenvalue weighted by Crippen LogP contribution is -2.28. The molecule has 1 saturated carbocycles.